The Hall–Kier alpha value is -10.5. The lowest BCUT2D eigenvalue weighted by Gasteiger charge is -2.13. The van der Waals surface area contributed by atoms with Crippen molar-refractivity contribution in [2.45, 2.75) is 33.6 Å². The highest BCUT2D eigenvalue weighted by Gasteiger charge is 2.23. The number of hydrogen-bond acceptors (Lipinski definition) is 29. The van der Waals surface area contributed by atoms with Gasteiger partial charge in [-0.2, -0.15) is 15.5 Å². The van der Waals surface area contributed by atoms with Gasteiger partial charge in [0.1, 0.15) is 94.5 Å². The number of rotatable bonds is 17. The third-order valence-electron chi connectivity index (χ3n) is 15.8. The van der Waals surface area contributed by atoms with Gasteiger partial charge in [0.25, 0.3) is 22.2 Å². The molecular weight excluding hydrogens is 1960 g/mol. The molecule has 4 aromatic carbocycles. The monoisotopic (exact) mass is 2030 g/mol. The summed E-state index contributed by atoms with van der Waals surface area (Å²) < 4.78 is 50.6. The topological polar surface area (TPSA) is 451 Å². The molecule has 0 fully saturated rings. The van der Waals surface area contributed by atoms with Crippen LogP contribution in [0.25, 0.3) is 67.7 Å². The third kappa shape index (κ3) is 31.0. The molecule has 0 spiro atoms. The van der Waals surface area contributed by atoms with E-state index in [1.165, 1.54) is 91.7 Å². The molecule has 5 radical (unpaired) electrons. The molecule has 0 bridgehead atoms. The van der Waals surface area contributed by atoms with Gasteiger partial charge in [-0.15, -0.1) is 24.0 Å². The number of methoxy groups -OCH3 is 8. The highest BCUT2D eigenvalue weighted by atomic mass is 127. The van der Waals surface area contributed by atoms with Crippen molar-refractivity contribution >= 4 is 183 Å². The third-order valence-corrected chi connectivity index (χ3v) is 18.4. The molecule has 8 heterocycles. The summed E-state index contributed by atoms with van der Waals surface area (Å²) in [7, 11) is 28.6. The summed E-state index contributed by atoms with van der Waals surface area (Å²) in [5, 5.41) is 33.0. The highest BCUT2D eigenvalue weighted by Crippen LogP contribution is 2.40. The second-order valence-corrected chi connectivity index (χ2v) is 28.0. The van der Waals surface area contributed by atoms with Crippen LogP contribution < -0.4 is 77.1 Å². The van der Waals surface area contributed by atoms with Crippen LogP contribution in [0.15, 0.2) is 134 Å². The van der Waals surface area contributed by atoms with Gasteiger partial charge in [-0.3, -0.25) is 38.1 Å². The molecule has 0 aliphatic rings. The van der Waals surface area contributed by atoms with Crippen molar-refractivity contribution in [2.24, 2.45) is 42.3 Å². The zero-order valence-corrected chi connectivity index (χ0v) is 79.2. The van der Waals surface area contributed by atoms with Crippen molar-refractivity contribution < 1.29 is 57.5 Å². The molecule has 0 atom stereocenters. The first-order valence-electron chi connectivity index (χ1n) is 34.8. The quantitative estimate of drug-likeness (QED) is 0.0285. The van der Waals surface area contributed by atoms with Crippen LogP contribution in [0.1, 0.15) is 31.2 Å². The first-order valence-corrected chi connectivity index (χ1v) is 38.6. The van der Waals surface area contributed by atoms with Crippen LogP contribution in [0.5, 0.6) is 46.0 Å². The van der Waals surface area contributed by atoms with Crippen molar-refractivity contribution in [3.05, 3.63) is 198 Å². The van der Waals surface area contributed by atoms with E-state index in [1.54, 1.807) is 119 Å². The highest BCUT2D eigenvalue weighted by molar-refractivity contribution is 14.0. The number of nitrogens with zero attached hydrogens (tertiary/aromatic N) is 17. The Balaban J connectivity index is 0.000000386. The average Bonchev–Trinajstić information content (AvgIpc) is 0.941. The molecule has 0 unspecified atom stereocenters. The largest absolute Gasteiger partial charge is 0.693 e. The van der Waals surface area contributed by atoms with Crippen molar-refractivity contribution in [3.8, 4) is 120 Å². The molecule has 48 heteroatoms. The molecule has 35 nitrogen and oxygen atoms in total. The fourth-order valence-corrected chi connectivity index (χ4v) is 11.7. The van der Waals surface area contributed by atoms with Gasteiger partial charge < -0.3 is 93.2 Å². The molecular formula is C76H80B3BrCl8IN19O16-. The number of hydrogen-bond donors (Lipinski definition) is 4. The van der Waals surface area contributed by atoms with Crippen LogP contribution in [-0.4, -0.2) is 178 Å². The summed E-state index contributed by atoms with van der Waals surface area (Å²) in [6.07, 6.45) is 14.5. The van der Waals surface area contributed by atoms with Crippen LogP contribution in [0, 0.1) is 25.2 Å². The van der Waals surface area contributed by atoms with Crippen molar-refractivity contribution in [2.75, 3.05) is 68.3 Å². The van der Waals surface area contributed by atoms with Crippen LogP contribution in [0.3, 0.4) is 0 Å². The second-order valence-electron chi connectivity index (χ2n) is 24.3. The molecule has 8 aromatic heterocycles. The number of nitrogen functional groups attached to an aromatic ring is 2. The number of nitrogens with two attached hydrogens (primary N) is 2. The summed E-state index contributed by atoms with van der Waals surface area (Å²) in [6, 6.07) is 18.4. The Kier molecular flexibility index (Phi) is 45.4. The maximum absolute atomic E-state index is 13.0. The minimum Gasteiger partial charge on any atom is -0.693 e. The number of halogens is 10. The molecule has 12 rings (SSSR count). The fourth-order valence-electron chi connectivity index (χ4n) is 9.91. The van der Waals surface area contributed by atoms with E-state index in [1.807, 2.05) is 53.3 Å². The van der Waals surface area contributed by atoms with E-state index in [9.17, 15) is 28.8 Å². The standard InChI is InChI=1S/C22H22ClN7O3.C13H12Cl2N2O3.C13H13ClN2O3.C9H10BrN5.C8H11BO4.C5H4Cl2N2O.C4H7N.C2Cl2O2.B2.HI/c1-11-14(9-30(3)28-11)15-8-25-21(24)20(26-15)16-10-29(2)22(31)19(27-16)13-6-12(32-4)7-17(33-5)18(13)23;1-17-6-10(14)16-12(13(17)18)8-4-7(19-2)5-9(20-3)11(8)15;1-16-7-11(14)15-12(13(16)17)8-4-9(18-2)6-10(5-8)19-3;1-5-6(4-15(2)14-5)7-3-12-9(11)8(10)13-7;1-12-7-3-6(9(10)11)4-8(5-7)13-2;1-9-2-3(6)8-4(7)5(9)10;1-2-3-4-5;3-1(5)2(4)6;1-2;/h6-10H,1-5H3,(H2,24,25);4-6H,1-3H3;4-7H,1-3H3;3-4H,1-2H3,(H2,11,12);3-5,10-11H,1-2H3;2H,1H3;2-3H2,1H3;;;1H/q;;;;;;;;-1;. The number of anilines is 2. The first kappa shape index (κ1) is 108. The molecule has 6 N–H and O–H groups in total. The summed E-state index contributed by atoms with van der Waals surface area (Å²) in [5.74, 6) is 4.51. The molecule has 12 aromatic rings. The Morgan fingerprint density at radius 2 is 0.839 bits per heavy atom. The lowest BCUT2D eigenvalue weighted by Crippen LogP contribution is -2.29. The van der Waals surface area contributed by atoms with Crippen LogP contribution >= 0.6 is 133 Å². The number of benzene rings is 4. The Bertz CT molecular complexity index is 5910. The Labute approximate surface area is 779 Å². The molecule has 0 saturated heterocycles. The van der Waals surface area contributed by atoms with E-state index >= 15 is 0 Å². The number of carbonyl (C=O) groups is 2. The number of aromatic nitrogens is 16. The summed E-state index contributed by atoms with van der Waals surface area (Å²) >= 11 is 47.6. The van der Waals surface area contributed by atoms with Gasteiger partial charge in [-0.05, 0) is 101 Å². The number of nitriles is 1. The maximum atomic E-state index is 13.0. The number of carbonyl (C=O) groups excluding carboxylic acids is 2. The molecule has 0 aliphatic heterocycles. The van der Waals surface area contributed by atoms with E-state index in [0.29, 0.717) is 102 Å². The predicted octanol–water partition coefficient (Wildman–Crippen LogP) is 11.4. The van der Waals surface area contributed by atoms with Crippen LogP contribution in [0.2, 0.25) is 30.7 Å². The Morgan fingerprint density at radius 1 is 0.484 bits per heavy atom. The molecule has 124 heavy (non-hydrogen) atoms. The number of ether oxygens (including phenoxy) is 8. The number of aryl methyl sites for hydroxylation is 8. The van der Waals surface area contributed by atoms with E-state index in [2.05, 4.69) is 105 Å². The van der Waals surface area contributed by atoms with Gasteiger partial charge in [-0.25, -0.2) is 39.9 Å². The minimum absolute atomic E-state index is 0. The van der Waals surface area contributed by atoms with Gasteiger partial charge in [-0.1, -0.05) is 76.5 Å². The van der Waals surface area contributed by atoms with Gasteiger partial charge in [0, 0.05) is 138 Å². The van der Waals surface area contributed by atoms with Gasteiger partial charge in [0.05, 0.1) is 108 Å². The second kappa shape index (κ2) is 52.3. The number of unbranched alkanes of at least 4 members (excludes halogenated alkanes) is 1. The SMILES string of the molecule is CCCC#N.COc1cc(OC)c(Cl)c(-c2nc(-c3nc(-c4cn(C)nc4C)cnc3N)cn(C)c2=O)c1.COc1cc(OC)c(Cl)c(-c2nc(Cl)cn(C)c2=O)c1.COc1cc(OC)cc(-c2nc(Cl)cn(C)c2=O)c1.COc1cc(OC)cc(B(O)O)c1.Cc1nn(C)cc1-c1cnc(N)c(Br)n1.Cn1cc(Cl)nc(Cl)c1=O.I.O=C(Cl)C(=O)Cl.[B][B-]. The van der Waals surface area contributed by atoms with Gasteiger partial charge in [0.15, 0.2) is 16.8 Å². The maximum Gasteiger partial charge on any atom is 0.488 e. The summed E-state index contributed by atoms with van der Waals surface area (Å²) in [5.41, 5.74) is 18.2. The summed E-state index contributed by atoms with van der Waals surface area (Å²) in [6.45, 7) is 5.80. The molecule has 655 valence electrons. The zero-order valence-electron chi connectivity index (χ0n) is 69.2. The van der Waals surface area contributed by atoms with Crippen molar-refractivity contribution in [3.63, 3.8) is 0 Å². The first-order chi connectivity index (χ1) is 58.2. The lowest BCUT2D eigenvalue weighted by atomic mass is 9.80. The van der Waals surface area contributed by atoms with Crippen LogP contribution in [0.4, 0.5) is 11.6 Å². The van der Waals surface area contributed by atoms with E-state index in [0.717, 1.165) is 34.6 Å². The zero-order chi connectivity index (χ0) is 92.6. The van der Waals surface area contributed by atoms with Crippen molar-refractivity contribution in [1.29, 1.82) is 5.26 Å². The predicted molar refractivity (Wildman–Crippen MR) is 496 cm³/mol. The van der Waals surface area contributed by atoms with E-state index in [-0.39, 0.29) is 99.8 Å². The van der Waals surface area contributed by atoms with E-state index < -0.39 is 17.6 Å². The molecule has 0 saturated carbocycles. The van der Waals surface area contributed by atoms with Crippen molar-refractivity contribution in [1.82, 2.24) is 77.7 Å². The lowest BCUT2D eigenvalue weighted by molar-refractivity contribution is -0.127. The normalized spacial score (nSPS) is 9.94. The smallest absolute Gasteiger partial charge is 0.488 e. The van der Waals surface area contributed by atoms with Crippen LogP contribution in [-0.2, 0) is 51.9 Å². The fraction of sp³-hybridized carbons (Fsp3) is 0.250. The van der Waals surface area contributed by atoms with E-state index in [4.69, 9.17) is 134 Å². The average molecular weight is 2040 g/mol. The molecule has 0 aliphatic carbocycles. The minimum atomic E-state index is -1.51. The van der Waals surface area contributed by atoms with Gasteiger partial charge >= 0.3 is 17.6 Å². The van der Waals surface area contributed by atoms with Gasteiger partial charge in [0.2, 0.25) is 0 Å². The summed E-state index contributed by atoms with van der Waals surface area (Å²) in [4.78, 5) is 100. The molecule has 0 amide bonds. The Morgan fingerprint density at radius 3 is 1.19 bits per heavy atom.